The second-order valence-electron chi connectivity index (χ2n) is 6.26. The third-order valence-corrected chi connectivity index (χ3v) is 6.46. The van der Waals surface area contributed by atoms with Gasteiger partial charge in [0.2, 0.25) is 0 Å². The molecule has 0 aliphatic heterocycles. The van der Waals surface area contributed by atoms with E-state index in [1.54, 1.807) is 7.05 Å². The summed E-state index contributed by atoms with van der Waals surface area (Å²) in [5.74, 6) is -1.76. The Morgan fingerprint density at radius 2 is 1.80 bits per heavy atom. The molecule has 158 valence electrons. The minimum Gasteiger partial charge on any atom is -0.480 e. The predicted octanol–water partition coefficient (Wildman–Crippen LogP) is 2.52. The molecule has 0 spiro atoms. The fourth-order valence-electron chi connectivity index (χ4n) is 2.93. The zero-order chi connectivity index (χ0) is 22.2. The molecule has 0 bridgehead atoms. The summed E-state index contributed by atoms with van der Waals surface area (Å²) in [6.07, 6.45) is 0. The average molecular weight is 471 g/mol. The number of anilines is 1. The van der Waals surface area contributed by atoms with E-state index in [2.05, 4.69) is 10.4 Å². The number of rotatable bonds is 6. The number of aromatic nitrogens is 2. The van der Waals surface area contributed by atoms with Crippen LogP contribution in [0.4, 0.5) is 5.69 Å². The van der Waals surface area contributed by atoms with E-state index in [-0.39, 0.29) is 26.3 Å². The second kappa shape index (κ2) is 8.13. The summed E-state index contributed by atoms with van der Waals surface area (Å²) in [6.45, 7) is -0.835. The lowest BCUT2D eigenvalue weighted by Gasteiger charge is -2.23. The fraction of sp³-hybridized carbons (Fsp3) is 0.167. The Morgan fingerprint density at radius 1 is 1.17 bits per heavy atom. The van der Waals surface area contributed by atoms with Crippen molar-refractivity contribution in [1.82, 2.24) is 15.1 Å². The van der Waals surface area contributed by atoms with Gasteiger partial charge >= 0.3 is 5.97 Å². The van der Waals surface area contributed by atoms with E-state index in [1.807, 2.05) is 0 Å². The van der Waals surface area contributed by atoms with Crippen LogP contribution in [0.2, 0.25) is 10.0 Å². The third kappa shape index (κ3) is 4.07. The Bertz CT molecular complexity index is 1250. The molecule has 1 amide bonds. The normalized spacial score (nSPS) is 11.5. The van der Waals surface area contributed by atoms with Crippen molar-refractivity contribution in [3.8, 4) is 0 Å². The number of nitrogens with zero attached hydrogens (tertiary/aromatic N) is 3. The second-order valence-corrected chi connectivity index (χ2v) is 9.00. The lowest BCUT2D eigenvalue weighted by Crippen LogP contribution is -2.35. The number of amides is 1. The minimum atomic E-state index is -4.32. The smallest absolute Gasteiger partial charge is 0.324 e. The summed E-state index contributed by atoms with van der Waals surface area (Å²) in [7, 11) is -1.26. The first-order valence-corrected chi connectivity index (χ1v) is 10.6. The molecule has 0 fully saturated rings. The van der Waals surface area contributed by atoms with Crippen molar-refractivity contribution in [2.45, 2.75) is 4.90 Å². The summed E-state index contributed by atoms with van der Waals surface area (Å²) in [6, 6.07) is 8.10. The maximum atomic E-state index is 13.2. The maximum Gasteiger partial charge on any atom is 0.324 e. The van der Waals surface area contributed by atoms with Gasteiger partial charge in [0.25, 0.3) is 15.9 Å². The van der Waals surface area contributed by atoms with E-state index in [9.17, 15) is 23.1 Å². The highest BCUT2D eigenvalue weighted by atomic mass is 35.5. The number of hydrogen-bond donors (Lipinski definition) is 2. The number of nitrogens with one attached hydrogen (secondary N) is 1. The van der Waals surface area contributed by atoms with E-state index in [0.717, 1.165) is 4.31 Å². The largest absolute Gasteiger partial charge is 0.480 e. The Balaban J connectivity index is 2.19. The molecule has 1 aromatic heterocycles. The van der Waals surface area contributed by atoms with Gasteiger partial charge in [-0.2, -0.15) is 5.10 Å². The van der Waals surface area contributed by atoms with Gasteiger partial charge < -0.3 is 10.4 Å². The molecule has 0 atom stereocenters. The van der Waals surface area contributed by atoms with Gasteiger partial charge in [0.1, 0.15) is 6.54 Å². The van der Waals surface area contributed by atoms with Gasteiger partial charge in [-0.05, 0) is 36.4 Å². The number of aliphatic carboxylic acids is 1. The Morgan fingerprint density at radius 3 is 2.37 bits per heavy atom. The van der Waals surface area contributed by atoms with Crippen molar-refractivity contribution in [1.29, 1.82) is 0 Å². The van der Waals surface area contributed by atoms with Crippen molar-refractivity contribution in [3.05, 3.63) is 52.1 Å². The Hall–Kier alpha value is -2.82. The molecule has 2 N–H and O–H groups in total. The number of carbonyl (C=O) groups is 2. The first-order valence-electron chi connectivity index (χ1n) is 8.44. The van der Waals surface area contributed by atoms with Crippen molar-refractivity contribution in [2.24, 2.45) is 7.05 Å². The van der Waals surface area contributed by atoms with E-state index >= 15 is 0 Å². The fourth-order valence-corrected chi connectivity index (χ4v) is 5.06. The minimum absolute atomic E-state index is 0.0763. The van der Waals surface area contributed by atoms with Crippen molar-refractivity contribution in [3.63, 3.8) is 0 Å². The zero-order valence-electron chi connectivity index (χ0n) is 15.8. The molecule has 0 unspecified atom stereocenters. The Labute approximate surface area is 181 Å². The highest BCUT2D eigenvalue weighted by Crippen LogP contribution is 2.30. The first-order chi connectivity index (χ1) is 14.0. The molecule has 12 heteroatoms. The van der Waals surface area contributed by atoms with Crippen LogP contribution in [0.15, 0.2) is 41.3 Å². The number of carboxylic acids is 1. The highest BCUT2D eigenvalue weighted by molar-refractivity contribution is 7.92. The summed E-state index contributed by atoms with van der Waals surface area (Å²) < 4.78 is 28.6. The van der Waals surface area contributed by atoms with Crippen molar-refractivity contribution < 1.29 is 23.1 Å². The monoisotopic (exact) mass is 470 g/mol. The lowest BCUT2D eigenvalue weighted by atomic mass is 10.2. The highest BCUT2D eigenvalue weighted by Gasteiger charge is 2.29. The van der Waals surface area contributed by atoms with Crippen LogP contribution in [0.25, 0.3) is 10.9 Å². The maximum absolute atomic E-state index is 13.2. The molecule has 1 heterocycles. The number of hydrogen-bond acceptors (Lipinski definition) is 5. The number of carboxylic acid groups (broad SMARTS) is 1. The van der Waals surface area contributed by atoms with Crippen LogP contribution in [0.3, 0.4) is 0 Å². The SMILES string of the molecule is CNC(=O)c1nn(C)c2cc(N(CC(=O)O)S(=O)(=O)c3cc(Cl)cc(Cl)c3)ccc12. The van der Waals surface area contributed by atoms with E-state index in [1.165, 1.54) is 48.1 Å². The molecule has 9 nitrogen and oxygen atoms in total. The van der Waals surface area contributed by atoms with Crippen LogP contribution in [0.1, 0.15) is 10.5 Å². The summed E-state index contributed by atoms with van der Waals surface area (Å²) in [5.41, 5.74) is 0.684. The molecule has 0 aliphatic carbocycles. The van der Waals surface area contributed by atoms with Gasteiger partial charge in [0, 0.05) is 29.5 Å². The topological polar surface area (TPSA) is 122 Å². The summed E-state index contributed by atoms with van der Waals surface area (Å²) in [5, 5.41) is 16.6. The average Bonchev–Trinajstić information content (AvgIpc) is 3.00. The summed E-state index contributed by atoms with van der Waals surface area (Å²) in [4.78, 5) is 23.2. The molecular formula is C18H16Cl2N4O5S. The van der Waals surface area contributed by atoms with E-state index < -0.39 is 28.4 Å². The van der Waals surface area contributed by atoms with Crippen LogP contribution >= 0.6 is 23.2 Å². The number of halogens is 2. The standard InChI is InChI=1S/C18H16Cl2N4O5S/c1-21-18(27)17-14-4-3-12(8-15(14)23(2)22-17)24(9-16(25)26)30(28,29)13-6-10(19)5-11(20)7-13/h3-8H,9H2,1-2H3,(H,21,27)(H,25,26). The van der Waals surface area contributed by atoms with Crippen molar-refractivity contribution in [2.75, 3.05) is 17.9 Å². The lowest BCUT2D eigenvalue weighted by molar-refractivity contribution is -0.135. The van der Waals surface area contributed by atoms with Gasteiger partial charge in [0.05, 0.1) is 16.1 Å². The molecule has 3 aromatic rings. The van der Waals surface area contributed by atoms with Crippen LogP contribution in [-0.2, 0) is 21.9 Å². The Kier molecular flexibility index (Phi) is 5.93. The van der Waals surface area contributed by atoms with Gasteiger partial charge in [-0.15, -0.1) is 0 Å². The molecule has 0 radical (unpaired) electrons. The number of benzene rings is 2. The molecule has 3 rings (SSSR count). The molecular weight excluding hydrogens is 455 g/mol. The molecule has 0 saturated carbocycles. The molecule has 0 aliphatic rings. The number of sulfonamides is 1. The van der Waals surface area contributed by atoms with Crippen LogP contribution in [0, 0.1) is 0 Å². The first kappa shape index (κ1) is 21.9. The van der Waals surface area contributed by atoms with E-state index in [0.29, 0.717) is 10.9 Å². The number of carbonyl (C=O) groups excluding carboxylic acids is 1. The van der Waals surface area contributed by atoms with Crippen molar-refractivity contribution >= 4 is 61.7 Å². The van der Waals surface area contributed by atoms with Gasteiger partial charge in [-0.1, -0.05) is 23.2 Å². The zero-order valence-corrected chi connectivity index (χ0v) is 18.1. The van der Waals surface area contributed by atoms with Gasteiger partial charge in [-0.25, -0.2) is 8.42 Å². The van der Waals surface area contributed by atoms with Crippen LogP contribution in [0.5, 0.6) is 0 Å². The molecule has 30 heavy (non-hydrogen) atoms. The number of fused-ring (bicyclic) bond motifs is 1. The predicted molar refractivity (Wildman–Crippen MR) is 113 cm³/mol. The van der Waals surface area contributed by atoms with Gasteiger partial charge in [-0.3, -0.25) is 18.6 Å². The number of aryl methyl sites for hydroxylation is 1. The molecule has 0 saturated heterocycles. The quantitative estimate of drug-likeness (QED) is 0.570. The van der Waals surface area contributed by atoms with Gasteiger partial charge in [0.15, 0.2) is 5.69 Å². The van der Waals surface area contributed by atoms with Crippen LogP contribution < -0.4 is 9.62 Å². The molecule has 2 aromatic carbocycles. The third-order valence-electron chi connectivity index (χ3n) is 4.27. The summed E-state index contributed by atoms with van der Waals surface area (Å²) >= 11 is 11.8. The van der Waals surface area contributed by atoms with Crippen LogP contribution in [-0.4, -0.2) is 48.8 Å². The van der Waals surface area contributed by atoms with E-state index in [4.69, 9.17) is 23.2 Å².